The van der Waals surface area contributed by atoms with Crippen LogP contribution in [0.4, 0.5) is 5.69 Å². The van der Waals surface area contributed by atoms with Gasteiger partial charge >= 0.3 is 11.8 Å². The number of nitrogens with one attached hydrogen (secondary N) is 2. The molecule has 1 atom stereocenters. The molecular formula is C26H29N3O4. The van der Waals surface area contributed by atoms with Crippen molar-refractivity contribution < 1.29 is 19.1 Å². The van der Waals surface area contributed by atoms with Crippen LogP contribution in [0.15, 0.2) is 66.7 Å². The lowest BCUT2D eigenvalue weighted by atomic mass is 9.97. The monoisotopic (exact) mass is 447 g/mol. The lowest BCUT2D eigenvalue weighted by molar-refractivity contribution is -0.136. The van der Waals surface area contributed by atoms with Gasteiger partial charge in [-0.15, -0.1) is 0 Å². The minimum Gasteiger partial charge on any atom is -0.492 e. The zero-order valence-electron chi connectivity index (χ0n) is 18.8. The number of fused-ring (bicyclic) bond motifs is 1. The molecule has 0 aliphatic carbocycles. The molecule has 0 unspecified atom stereocenters. The Morgan fingerprint density at radius 3 is 2.52 bits per heavy atom. The third-order valence-electron chi connectivity index (χ3n) is 5.77. The molecule has 2 amide bonds. The van der Waals surface area contributed by atoms with Crippen molar-refractivity contribution in [1.29, 1.82) is 0 Å². The molecule has 4 rings (SSSR count). The molecule has 0 bridgehead atoms. The molecule has 3 aromatic carbocycles. The molecule has 0 radical (unpaired) electrons. The summed E-state index contributed by atoms with van der Waals surface area (Å²) in [6.45, 7) is 5.45. The number of carbonyl (C=O) groups excluding carboxylic acids is 2. The van der Waals surface area contributed by atoms with Crippen LogP contribution in [-0.2, 0) is 14.3 Å². The van der Waals surface area contributed by atoms with Crippen molar-refractivity contribution in [1.82, 2.24) is 10.2 Å². The fourth-order valence-electron chi connectivity index (χ4n) is 4.17. The Hall–Kier alpha value is -3.42. The number of para-hydroxylation sites is 2. The Kier molecular flexibility index (Phi) is 7.55. The lowest BCUT2D eigenvalue weighted by Gasteiger charge is -2.35. The summed E-state index contributed by atoms with van der Waals surface area (Å²) in [5.41, 5.74) is 1.59. The van der Waals surface area contributed by atoms with E-state index in [9.17, 15) is 9.59 Å². The number of rotatable bonds is 7. The zero-order valence-corrected chi connectivity index (χ0v) is 18.8. The highest BCUT2D eigenvalue weighted by Crippen LogP contribution is 2.29. The van der Waals surface area contributed by atoms with Gasteiger partial charge in [0, 0.05) is 19.6 Å². The second-order valence-corrected chi connectivity index (χ2v) is 7.83. The molecular weight excluding hydrogens is 418 g/mol. The topological polar surface area (TPSA) is 79.9 Å². The van der Waals surface area contributed by atoms with Crippen LogP contribution in [0.5, 0.6) is 5.75 Å². The average Bonchev–Trinajstić information content (AvgIpc) is 2.86. The summed E-state index contributed by atoms with van der Waals surface area (Å²) in [4.78, 5) is 27.6. The van der Waals surface area contributed by atoms with E-state index in [1.807, 2.05) is 31.2 Å². The lowest BCUT2D eigenvalue weighted by Crippen LogP contribution is -2.45. The van der Waals surface area contributed by atoms with Crippen LogP contribution in [-0.4, -0.2) is 56.2 Å². The van der Waals surface area contributed by atoms with Gasteiger partial charge in [-0.1, -0.05) is 54.6 Å². The van der Waals surface area contributed by atoms with Crippen LogP contribution in [0, 0.1) is 0 Å². The van der Waals surface area contributed by atoms with E-state index in [-0.39, 0.29) is 6.04 Å². The maximum absolute atomic E-state index is 12.7. The van der Waals surface area contributed by atoms with E-state index in [0.717, 1.165) is 29.4 Å². The van der Waals surface area contributed by atoms with Crippen molar-refractivity contribution in [2.75, 3.05) is 44.8 Å². The summed E-state index contributed by atoms with van der Waals surface area (Å²) in [6.07, 6.45) is 0. The van der Waals surface area contributed by atoms with E-state index in [0.29, 0.717) is 37.8 Å². The highest BCUT2D eigenvalue weighted by Gasteiger charge is 2.26. The van der Waals surface area contributed by atoms with Gasteiger partial charge in [0.05, 0.1) is 31.5 Å². The van der Waals surface area contributed by atoms with Gasteiger partial charge < -0.3 is 20.1 Å². The van der Waals surface area contributed by atoms with Crippen molar-refractivity contribution >= 4 is 28.3 Å². The molecule has 172 valence electrons. The number of hydrogen-bond donors (Lipinski definition) is 2. The van der Waals surface area contributed by atoms with Crippen molar-refractivity contribution in [3.8, 4) is 5.75 Å². The van der Waals surface area contributed by atoms with Crippen molar-refractivity contribution in [3.63, 3.8) is 0 Å². The Morgan fingerprint density at radius 1 is 0.970 bits per heavy atom. The minimum absolute atomic E-state index is 0.0764. The number of nitrogens with zero attached hydrogens (tertiary/aromatic N) is 1. The molecule has 7 heteroatoms. The molecule has 33 heavy (non-hydrogen) atoms. The quantitative estimate of drug-likeness (QED) is 0.543. The number of anilines is 1. The number of benzene rings is 3. The Balaban J connectivity index is 1.50. The van der Waals surface area contributed by atoms with Crippen LogP contribution >= 0.6 is 0 Å². The maximum atomic E-state index is 12.7. The molecule has 7 nitrogen and oxygen atoms in total. The van der Waals surface area contributed by atoms with Gasteiger partial charge in [-0.3, -0.25) is 14.5 Å². The fourth-order valence-corrected chi connectivity index (χ4v) is 4.17. The van der Waals surface area contributed by atoms with Crippen LogP contribution < -0.4 is 15.4 Å². The first-order valence-electron chi connectivity index (χ1n) is 11.3. The van der Waals surface area contributed by atoms with Crippen molar-refractivity contribution in [3.05, 3.63) is 72.3 Å². The summed E-state index contributed by atoms with van der Waals surface area (Å²) in [7, 11) is 0. The molecule has 0 saturated carbocycles. The summed E-state index contributed by atoms with van der Waals surface area (Å²) in [5, 5.41) is 7.78. The fraction of sp³-hybridized carbons (Fsp3) is 0.308. The number of carbonyl (C=O) groups is 2. The summed E-state index contributed by atoms with van der Waals surface area (Å²) in [6, 6.07) is 21.4. The molecule has 1 heterocycles. The molecule has 1 saturated heterocycles. The molecule has 3 aromatic rings. The van der Waals surface area contributed by atoms with E-state index in [2.05, 4.69) is 39.8 Å². The highest BCUT2D eigenvalue weighted by atomic mass is 16.5. The van der Waals surface area contributed by atoms with E-state index in [1.165, 1.54) is 0 Å². The van der Waals surface area contributed by atoms with Gasteiger partial charge in [0.15, 0.2) is 0 Å². The first kappa shape index (κ1) is 22.8. The van der Waals surface area contributed by atoms with Crippen molar-refractivity contribution in [2.45, 2.75) is 13.0 Å². The van der Waals surface area contributed by atoms with Gasteiger partial charge in [0.2, 0.25) is 0 Å². The molecule has 1 aliphatic rings. The molecule has 0 aromatic heterocycles. The van der Waals surface area contributed by atoms with Gasteiger partial charge in [0.1, 0.15) is 5.75 Å². The van der Waals surface area contributed by atoms with Crippen LogP contribution in [0.3, 0.4) is 0 Å². The second-order valence-electron chi connectivity index (χ2n) is 7.83. The van der Waals surface area contributed by atoms with Gasteiger partial charge in [-0.25, -0.2) is 0 Å². The summed E-state index contributed by atoms with van der Waals surface area (Å²) < 4.78 is 11.1. The smallest absolute Gasteiger partial charge is 0.313 e. The molecule has 0 spiro atoms. The zero-order chi connectivity index (χ0) is 23.0. The van der Waals surface area contributed by atoms with Gasteiger partial charge in [-0.05, 0) is 35.4 Å². The number of ether oxygens (including phenoxy) is 2. The van der Waals surface area contributed by atoms with Crippen LogP contribution in [0.2, 0.25) is 0 Å². The molecule has 1 fully saturated rings. The normalized spacial score (nSPS) is 15.1. The highest BCUT2D eigenvalue weighted by molar-refractivity contribution is 6.39. The number of amides is 2. The third kappa shape index (κ3) is 5.50. The maximum Gasteiger partial charge on any atom is 0.313 e. The average molecular weight is 448 g/mol. The van der Waals surface area contributed by atoms with E-state index >= 15 is 0 Å². The predicted molar refractivity (Wildman–Crippen MR) is 128 cm³/mol. The molecule has 1 aliphatic heterocycles. The Labute approximate surface area is 193 Å². The largest absolute Gasteiger partial charge is 0.492 e. The first-order valence-corrected chi connectivity index (χ1v) is 11.3. The Bertz CT molecular complexity index is 1110. The molecule has 2 N–H and O–H groups in total. The SMILES string of the molecule is CCOc1ccccc1NC(=O)C(=O)NC[C@@H](c1cccc2ccccc12)N1CCOCC1. The van der Waals surface area contributed by atoms with Gasteiger partial charge in [-0.2, -0.15) is 0 Å². The Morgan fingerprint density at radius 2 is 1.70 bits per heavy atom. The van der Waals surface area contributed by atoms with E-state index in [4.69, 9.17) is 9.47 Å². The standard InChI is InChI=1S/C26H29N3O4/c1-2-33-24-13-6-5-12-22(24)28-26(31)25(30)27-18-23(29-14-16-32-17-15-29)21-11-7-9-19-8-3-4-10-20(19)21/h3-13,23H,2,14-18H2,1H3,(H,27,30)(H,28,31)/t23-/m0/s1. The first-order chi connectivity index (χ1) is 16.2. The minimum atomic E-state index is -0.721. The predicted octanol–water partition coefficient (Wildman–Crippen LogP) is 3.37. The van der Waals surface area contributed by atoms with Gasteiger partial charge in [0.25, 0.3) is 0 Å². The van der Waals surface area contributed by atoms with Crippen LogP contribution in [0.25, 0.3) is 10.8 Å². The second kappa shape index (κ2) is 10.9. The summed E-state index contributed by atoms with van der Waals surface area (Å²) >= 11 is 0. The third-order valence-corrected chi connectivity index (χ3v) is 5.77. The van der Waals surface area contributed by atoms with E-state index in [1.54, 1.807) is 18.2 Å². The van der Waals surface area contributed by atoms with Crippen molar-refractivity contribution in [2.24, 2.45) is 0 Å². The number of morpholine rings is 1. The van der Waals surface area contributed by atoms with Crippen LogP contribution in [0.1, 0.15) is 18.5 Å². The number of hydrogen-bond acceptors (Lipinski definition) is 5. The van der Waals surface area contributed by atoms with E-state index < -0.39 is 11.8 Å². The summed E-state index contributed by atoms with van der Waals surface area (Å²) in [5.74, 6) is -0.872.